The highest BCUT2D eigenvalue weighted by atomic mass is 35.5. The van der Waals surface area contributed by atoms with Crippen molar-refractivity contribution in [2.24, 2.45) is 0 Å². The van der Waals surface area contributed by atoms with E-state index in [2.05, 4.69) is 41.0 Å². The fraction of sp³-hybridized carbons (Fsp3) is 0.476. The van der Waals surface area contributed by atoms with Gasteiger partial charge >= 0.3 is 0 Å². The van der Waals surface area contributed by atoms with Crippen LogP contribution in [0.2, 0.25) is 0 Å². The van der Waals surface area contributed by atoms with Crippen LogP contribution in [0.4, 0.5) is 0 Å². The first kappa shape index (κ1) is 18.9. The van der Waals surface area contributed by atoms with Gasteiger partial charge in [-0.3, -0.25) is 4.79 Å². The molecule has 3 aliphatic rings. The number of likely N-dealkylation sites (tertiary alicyclic amines) is 1. The minimum Gasteiger partial charge on any atom is -0.370 e. The predicted molar refractivity (Wildman–Crippen MR) is 109 cm³/mol. The molecule has 4 heterocycles. The van der Waals surface area contributed by atoms with Gasteiger partial charge in [0.15, 0.2) is 0 Å². The summed E-state index contributed by atoms with van der Waals surface area (Å²) in [4.78, 5) is 16.6. The molecule has 1 N–H and O–H groups in total. The third-order valence-corrected chi connectivity index (χ3v) is 7.19. The third-order valence-electron chi connectivity index (χ3n) is 6.21. The first-order valence-electron chi connectivity index (χ1n) is 9.55. The highest BCUT2D eigenvalue weighted by Crippen LogP contribution is 2.43. The van der Waals surface area contributed by atoms with Crippen LogP contribution in [0.25, 0.3) is 0 Å². The van der Waals surface area contributed by atoms with Crippen LogP contribution >= 0.6 is 23.7 Å². The van der Waals surface area contributed by atoms with Crippen LogP contribution in [-0.2, 0) is 34.5 Å². The van der Waals surface area contributed by atoms with Crippen molar-refractivity contribution in [3.63, 3.8) is 0 Å². The van der Waals surface area contributed by atoms with E-state index in [0.717, 1.165) is 51.9 Å². The SMILES string of the molecule is Cl.O=C([C@H]1Cc2ccccc2CN1)N1CCC2(CC1)OCCc1sccc12. The van der Waals surface area contributed by atoms with Gasteiger partial charge < -0.3 is 15.0 Å². The molecular weight excluding hydrogens is 380 g/mol. The summed E-state index contributed by atoms with van der Waals surface area (Å²) < 4.78 is 6.26. The van der Waals surface area contributed by atoms with Gasteiger partial charge in [0.1, 0.15) is 0 Å². The first-order chi connectivity index (χ1) is 12.8. The summed E-state index contributed by atoms with van der Waals surface area (Å²) in [7, 11) is 0. The minimum absolute atomic E-state index is 0. The summed E-state index contributed by atoms with van der Waals surface area (Å²) in [5.74, 6) is 0.246. The molecule has 1 fully saturated rings. The molecule has 3 aliphatic heterocycles. The average molecular weight is 405 g/mol. The topological polar surface area (TPSA) is 41.6 Å². The summed E-state index contributed by atoms with van der Waals surface area (Å²) in [5.41, 5.74) is 3.84. The van der Waals surface area contributed by atoms with Crippen LogP contribution < -0.4 is 5.32 Å². The Hall–Kier alpha value is -1.40. The van der Waals surface area contributed by atoms with Gasteiger partial charge in [-0.15, -0.1) is 23.7 Å². The van der Waals surface area contributed by atoms with E-state index < -0.39 is 0 Å². The number of piperidine rings is 1. The van der Waals surface area contributed by atoms with Gasteiger partial charge in [0.2, 0.25) is 5.91 Å². The maximum absolute atomic E-state index is 13.1. The van der Waals surface area contributed by atoms with E-state index in [9.17, 15) is 4.79 Å². The van der Waals surface area contributed by atoms with Gasteiger partial charge in [-0.25, -0.2) is 0 Å². The third kappa shape index (κ3) is 3.31. The number of carbonyl (C=O) groups excluding carboxylic acids is 1. The Labute approximate surface area is 170 Å². The zero-order valence-electron chi connectivity index (χ0n) is 15.3. The van der Waals surface area contributed by atoms with Crippen molar-refractivity contribution in [2.75, 3.05) is 19.7 Å². The van der Waals surface area contributed by atoms with Crippen LogP contribution in [-0.4, -0.2) is 36.5 Å². The maximum atomic E-state index is 13.1. The van der Waals surface area contributed by atoms with E-state index in [1.165, 1.54) is 21.6 Å². The minimum atomic E-state index is -0.156. The van der Waals surface area contributed by atoms with Crippen molar-refractivity contribution in [3.05, 3.63) is 57.3 Å². The number of thiophene rings is 1. The average Bonchev–Trinajstić information content (AvgIpc) is 3.18. The molecule has 1 aromatic carbocycles. The highest BCUT2D eigenvalue weighted by Gasteiger charge is 2.43. The molecule has 0 radical (unpaired) electrons. The monoisotopic (exact) mass is 404 g/mol. The number of amides is 1. The van der Waals surface area contributed by atoms with E-state index in [1.807, 2.05) is 16.2 Å². The smallest absolute Gasteiger partial charge is 0.240 e. The number of halogens is 1. The number of rotatable bonds is 1. The first-order valence-corrected chi connectivity index (χ1v) is 10.4. The Morgan fingerprint density at radius 1 is 1.19 bits per heavy atom. The van der Waals surface area contributed by atoms with Crippen LogP contribution in [0.1, 0.15) is 34.4 Å². The number of ether oxygens (including phenoxy) is 1. The lowest BCUT2D eigenvalue weighted by Crippen LogP contribution is -2.54. The number of hydrogen-bond donors (Lipinski definition) is 1. The molecule has 1 atom stereocenters. The second-order valence-corrected chi connectivity index (χ2v) is 8.58. The molecule has 5 rings (SSSR count). The van der Waals surface area contributed by atoms with Crippen LogP contribution in [0, 0.1) is 0 Å². The van der Waals surface area contributed by atoms with Crippen molar-refractivity contribution >= 4 is 29.7 Å². The van der Waals surface area contributed by atoms with E-state index in [0.29, 0.717) is 0 Å². The second-order valence-electron chi connectivity index (χ2n) is 7.58. The zero-order chi connectivity index (χ0) is 17.6. The number of fused-ring (bicyclic) bond motifs is 3. The normalized spacial score (nSPS) is 23.3. The van der Waals surface area contributed by atoms with Crippen molar-refractivity contribution in [1.82, 2.24) is 10.2 Å². The summed E-state index contributed by atoms with van der Waals surface area (Å²) in [6.45, 7) is 3.16. The molecule has 0 bridgehead atoms. The molecule has 0 saturated carbocycles. The van der Waals surface area contributed by atoms with Gasteiger partial charge in [0.25, 0.3) is 0 Å². The summed E-state index contributed by atoms with van der Waals surface area (Å²) in [6.07, 6.45) is 3.64. The summed E-state index contributed by atoms with van der Waals surface area (Å²) in [6, 6.07) is 10.6. The van der Waals surface area contributed by atoms with Gasteiger partial charge in [-0.05, 0) is 47.4 Å². The highest BCUT2D eigenvalue weighted by molar-refractivity contribution is 7.10. The number of benzene rings is 1. The van der Waals surface area contributed by atoms with Gasteiger partial charge in [-0.2, -0.15) is 0 Å². The fourth-order valence-electron chi connectivity index (χ4n) is 4.71. The lowest BCUT2D eigenvalue weighted by Gasteiger charge is -2.45. The summed E-state index contributed by atoms with van der Waals surface area (Å²) in [5, 5.41) is 5.62. The molecule has 0 aliphatic carbocycles. The van der Waals surface area contributed by atoms with Crippen molar-refractivity contribution in [3.8, 4) is 0 Å². The lowest BCUT2D eigenvalue weighted by atomic mass is 9.82. The molecule has 27 heavy (non-hydrogen) atoms. The molecule has 1 amide bonds. The molecule has 1 spiro atoms. The van der Waals surface area contributed by atoms with Crippen molar-refractivity contribution in [1.29, 1.82) is 0 Å². The number of nitrogens with zero attached hydrogens (tertiary/aromatic N) is 1. The van der Waals surface area contributed by atoms with Gasteiger partial charge in [-0.1, -0.05) is 24.3 Å². The molecule has 2 aromatic rings. The van der Waals surface area contributed by atoms with Crippen molar-refractivity contribution in [2.45, 2.75) is 43.9 Å². The molecule has 4 nitrogen and oxygen atoms in total. The Morgan fingerprint density at radius 2 is 1.96 bits per heavy atom. The zero-order valence-corrected chi connectivity index (χ0v) is 16.9. The van der Waals surface area contributed by atoms with E-state index in [-0.39, 0.29) is 30.0 Å². The van der Waals surface area contributed by atoms with Crippen LogP contribution in [0.5, 0.6) is 0 Å². The Kier molecular flexibility index (Phi) is 5.30. The van der Waals surface area contributed by atoms with E-state index in [1.54, 1.807) is 0 Å². The second kappa shape index (κ2) is 7.55. The quantitative estimate of drug-likeness (QED) is 0.793. The van der Waals surface area contributed by atoms with E-state index >= 15 is 0 Å². The predicted octanol–water partition coefficient (Wildman–Crippen LogP) is 3.27. The molecule has 144 valence electrons. The van der Waals surface area contributed by atoms with Crippen LogP contribution in [0.3, 0.4) is 0 Å². The fourth-order valence-corrected chi connectivity index (χ4v) is 5.66. The number of hydrogen-bond acceptors (Lipinski definition) is 4. The Balaban J connectivity index is 0.00000180. The van der Waals surface area contributed by atoms with Gasteiger partial charge in [0.05, 0.1) is 18.2 Å². The molecule has 6 heteroatoms. The van der Waals surface area contributed by atoms with Crippen molar-refractivity contribution < 1.29 is 9.53 Å². The molecule has 1 saturated heterocycles. The lowest BCUT2D eigenvalue weighted by molar-refractivity contribution is -0.142. The Bertz CT molecular complexity index is 829. The van der Waals surface area contributed by atoms with Crippen LogP contribution in [0.15, 0.2) is 35.7 Å². The number of nitrogens with one attached hydrogen (secondary N) is 1. The summed E-state index contributed by atoms with van der Waals surface area (Å²) >= 11 is 1.85. The Morgan fingerprint density at radius 3 is 2.78 bits per heavy atom. The largest absolute Gasteiger partial charge is 0.370 e. The molecule has 1 aromatic heterocycles. The van der Waals surface area contributed by atoms with E-state index in [4.69, 9.17) is 4.74 Å². The maximum Gasteiger partial charge on any atom is 0.240 e. The van der Waals surface area contributed by atoms with Gasteiger partial charge in [0, 0.05) is 30.9 Å². The standard InChI is InChI=1S/C21H24N2O2S.ClH/c24-20(18-13-15-3-1-2-4-16(15)14-22-18)23-9-7-21(8-10-23)17-6-12-26-19(17)5-11-25-21;/h1-4,6,12,18,22H,5,7-11,13-14H2;1H/t18-;/m1./s1. The molecular formula is C21H25ClN2O2S. The number of carbonyl (C=O) groups is 1. The molecule has 0 unspecified atom stereocenters.